The maximum absolute atomic E-state index is 12.3. The van der Waals surface area contributed by atoms with E-state index in [1.165, 1.54) is 7.11 Å². The van der Waals surface area contributed by atoms with Crippen LogP contribution in [-0.2, 0) is 9.53 Å². The van der Waals surface area contributed by atoms with Crippen LogP contribution in [0.25, 0.3) is 0 Å². The lowest BCUT2D eigenvalue weighted by Gasteiger charge is -2.28. The zero-order valence-electron chi connectivity index (χ0n) is 13.1. The maximum Gasteiger partial charge on any atom is 0.338 e. The number of nitrogens with one attached hydrogen (secondary N) is 1. The van der Waals surface area contributed by atoms with Crippen molar-refractivity contribution in [2.24, 2.45) is 0 Å². The number of carbonyl (C=O) groups excluding carboxylic acids is 1. The summed E-state index contributed by atoms with van der Waals surface area (Å²) in [6.07, 6.45) is 0. The molecular formula is C15H17N5O3. The van der Waals surface area contributed by atoms with Crippen molar-refractivity contribution in [1.82, 2.24) is 20.2 Å². The molecule has 0 saturated heterocycles. The van der Waals surface area contributed by atoms with Crippen LogP contribution in [-0.4, -0.2) is 39.9 Å². The fourth-order valence-corrected chi connectivity index (χ4v) is 2.67. The first-order valence-electron chi connectivity index (χ1n) is 7.23. The molecule has 2 heterocycles. The van der Waals surface area contributed by atoms with Crippen molar-refractivity contribution >= 4 is 11.9 Å². The largest absolute Gasteiger partial charge is 0.494 e. The molecule has 1 aromatic heterocycles. The lowest BCUT2D eigenvalue weighted by molar-refractivity contribution is -0.136. The summed E-state index contributed by atoms with van der Waals surface area (Å²) in [7, 11) is 1.35. The average molecular weight is 315 g/mol. The van der Waals surface area contributed by atoms with Gasteiger partial charge in [-0.25, -0.2) is 4.79 Å². The smallest absolute Gasteiger partial charge is 0.338 e. The minimum Gasteiger partial charge on any atom is -0.494 e. The number of hydrogen-bond donors (Lipinski definition) is 1. The molecule has 0 radical (unpaired) electrons. The van der Waals surface area contributed by atoms with Gasteiger partial charge in [0.05, 0.1) is 19.3 Å². The van der Waals surface area contributed by atoms with E-state index in [0.29, 0.717) is 29.6 Å². The summed E-state index contributed by atoms with van der Waals surface area (Å²) < 4.78 is 12.2. The Balaban J connectivity index is 2.20. The molecule has 2 aromatic rings. The van der Waals surface area contributed by atoms with Crippen molar-refractivity contribution in [3.63, 3.8) is 0 Å². The topological polar surface area (TPSA) is 91.2 Å². The van der Waals surface area contributed by atoms with E-state index in [4.69, 9.17) is 9.47 Å². The summed E-state index contributed by atoms with van der Waals surface area (Å²) in [5.41, 5.74) is 1.89. The number of nitrogens with zero attached hydrogens (tertiary/aromatic N) is 4. The maximum atomic E-state index is 12.3. The highest BCUT2D eigenvalue weighted by Crippen LogP contribution is 2.38. The van der Waals surface area contributed by atoms with Crippen molar-refractivity contribution in [2.45, 2.75) is 19.9 Å². The molecule has 1 aliphatic heterocycles. The molecule has 3 rings (SSSR count). The molecule has 8 heteroatoms. The fourth-order valence-electron chi connectivity index (χ4n) is 2.67. The Labute approximate surface area is 133 Å². The molecule has 120 valence electrons. The highest BCUT2D eigenvalue weighted by Gasteiger charge is 2.36. The van der Waals surface area contributed by atoms with Crippen molar-refractivity contribution in [2.75, 3.05) is 19.0 Å². The molecule has 1 atom stereocenters. The number of carbonyl (C=O) groups is 1. The molecule has 1 aromatic carbocycles. The second kappa shape index (κ2) is 6.07. The Morgan fingerprint density at radius 3 is 2.91 bits per heavy atom. The van der Waals surface area contributed by atoms with Gasteiger partial charge < -0.3 is 14.8 Å². The third-order valence-electron chi connectivity index (χ3n) is 3.63. The molecule has 0 saturated carbocycles. The van der Waals surface area contributed by atoms with Gasteiger partial charge in [0.25, 0.3) is 0 Å². The molecular weight excluding hydrogens is 298 g/mol. The third kappa shape index (κ3) is 2.52. The number of fused-ring (bicyclic) bond motifs is 1. The molecule has 8 nitrogen and oxygen atoms in total. The second-order valence-corrected chi connectivity index (χ2v) is 4.98. The Bertz CT molecular complexity index is 768. The standard InChI is InChI=1S/C15H17N5O3/c1-4-23-11-8-6-5-7-10(11)13-12(14(21)22-3)9(2)16-15-17-18-19-20(13)15/h5-8,13H,4H2,1-3H3,(H,16,17,19)/t13-/m1/s1. The van der Waals surface area contributed by atoms with Gasteiger partial charge in [-0.05, 0) is 30.3 Å². The summed E-state index contributed by atoms with van der Waals surface area (Å²) in [4.78, 5) is 12.3. The SMILES string of the molecule is CCOc1ccccc1[C@@H]1C(C(=O)OC)=C(C)Nc2nnnn21. The van der Waals surface area contributed by atoms with Crippen LogP contribution in [0.2, 0.25) is 0 Å². The minimum absolute atomic E-state index is 0.438. The van der Waals surface area contributed by atoms with Gasteiger partial charge in [0.2, 0.25) is 5.95 Å². The van der Waals surface area contributed by atoms with Gasteiger partial charge in [-0.1, -0.05) is 23.3 Å². The van der Waals surface area contributed by atoms with Gasteiger partial charge in [-0.3, -0.25) is 0 Å². The van der Waals surface area contributed by atoms with Gasteiger partial charge in [0.15, 0.2) is 0 Å². The van der Waals surface area contributed by atoms with Gasteiger partial charge in [0, 0.05) is 11.3 Å². The summed E-state index contributed by atoms with van der Waals surface area (Å²) in [6, 6.07) is 6.99. The van der Waals surface area contributed by atoms with Gasteiger partial charge >= 0.3 is 5.97 Å². The number of rotatable bonds is 4. The molecule has 1 N–H and O–H groups in total. The van der Waals surface area contributed by atoms with Gasteiger partial charge in [0.1, 0.15) is 11.8 Å². The van der Waals surface area contributed by atoms with Crippen molar-refractivity contribution in [3.8, 4) is 5.75 Å². The van der Waals surface area contributed by atoms with E-state index in [2.05, 4.69) is 20.8 Å². The van der Waals surface area contributed by atoms with E-state index in [9.17, 15) is 4.79 Å². The zero-order valence-corrected chi connectivity index (χ0v) is 13.1. The number of tetrazole rings is 1. The van der Waals surface area contributed by atoms with Crippen LogP contribution in [0.1, 0.15) is 25.5 Å². The van der Waals surface area contributed by atoms with E-state index in [-0.39, 0.29) is 0 Å². The number of ether oxygens (including phenoxy) is 2. The van der Waals surface area contributed by atoms with Crippen LogP contribution in [0.5, 0.6) is 5.75 Å². The molecule has 0 unspecified atom stereocenters. The van der Waals surface area contributed by atoms with Gasteiger partial charge in [-0.15, -0.1) is 0 Å². The molecule has 0 fully saturated rings. The van der Waals surface area contributed by atoms with E-state index in [1.54, 1.807) is 11.6 Å². The molecule has 0 spiro atoms. The second-order valence-electron chi connectivity index (χ2n) is 4.98. The van der Waals surface area contributed by atoms with E-state index in [0.717, 1.165) is 5.56 Å². The molecule has 0 bridgehead atoms. The normalized spacial score (nSPS) is 16.6. The van der Waals surface area contributed by atoms with E-state index in [1.807, 2.05) is 31.2 Å². The van der Waals surface area contributed by atoms with Crippen LogP contribution < -0.4 is 10.1 Å². The third-order valence-corrected chi connectivity index (χ3v) is 3.63. The molecule has 0 aliphatic carbocycles. The molecule has 1 aliphatic rings. The predicted molar refractivity (Wildman–Crippen MR) is 81.9 cm³/mol. The van der Waals surface area contributed by atoms with Crippen molar-refractivity contribution in [3.05, 3.63) is 41.1 Å². The fraction of sp³-hybridized carbons (Fsp3) is 0.333. The molecule has 0 amide bonds. The predicted octanol–water partition coefficient (Wildman–Crippen LogP) is 1.53. The van der Waals surface area contributed by atoms with E-state index >= 15 is 0 Å². The van der Waals surface area contributed by atoms with Crippen LogP contribution in [0.15, 0.2) is 35.5 Å². The Kier molecular flexibility index (Phi) is 3.96. The number of methoxy groups -OCH3 is 1. The zero-order chi connectivity index (χ0) is 16.4. The van der Waals surface area contributed by atoms with Gasteiger partial charge in [-0.2, -0.15) is 4.68 Å². The van der Waals surface area contributed by atoms with E-state index < -0.39 is 12.0 Å². The van der Waals surface area contributed by atoms with Crippen LogP contribution in [0.4, 0.5) is 5.95 Å². The number of aromatic nitrogens is 4. The number of para-hydroxylation sites is 1. The highest BCUT2D eigenvalue weighted by molar-refractivity contribution is 5.92. The Morgan fingerprint density at radius 2 is 2.17 bits per heavy atom. The minimum atomic E-state index is -0.517. The number of benzene rings is 1. The average Bonchev–Trinajstić information content (AvgIpc) is 3.01. The first-order valence-corrected chi connectivity index (χ1v) is 7.23. The summed E-state index contributed by atoms with van der Waals surface area (Å²) in [5, 5.41) is 14.7. The van der Waals surface area contributed by atoms with Crippen molar-refractivity contribution in [1.29, 1.82) is 0 Å². The lowest BCUT2D eigenvalue weighted by Crippen LogP contribution is -2.29. The quantitative estimate of drug-likeness (QED) is 0.855. The number of allylic oxidation sites excluding steroid dienone is 1. The molecule has 23 heavy (non-hydrogen) atoms. The Morgan fingerprint density at radius 1 is 1.39 bits per heavy atom. The number of anilines is 1. The lowest BCUT2D eigenvalue weighted by atomic mass is 9.95. The monoisotopic (exact) mass is 315 g/mol. The first kappa shape index (κ1) is 15.0. The Hall–Kier alpha value is -2.90. The van der Waals surface area contributed by atoms with Crippen LogP contribution in [0, 0.1) is 0 Å². The summed E-state index contributed by atoms with van der Waals surface area (Å²) >= 11 is 0. The van der Waals surface area contributed by atoms with Crippen molar-refractivity contribution < 1.29 is 14.3 Å². The highest BCUT2D eigenvalue weighted by atomic mass is 16.5. The summed E-state index contributed by atoms with van der Waals surface area (Å²) in [5.74, 6) is 0.705. The number of hydrogen-bond acceptors (Lipinski definition) is 7. The summed E-state index contributed by atoms with van der Waals surface area (Å²) in [6.45, 7) is 4.21. The number of esters is 1. The van der Waals surface area contributed by atoms with Crippen LogP contribution >= 0.6 is 0 Å². The van der Waals surface area contributed by atoms with Crippen LogP contribution in [0.3, 0.4) is 0 Å². The first-order chi connectivity index (χ1) is 11.2.